The highest BCUT2D eigenvalue weighted by molar-refractivity contribution is 4.87. The lowest BCUT2D eigenvalue weighted by Crippen LogP contribution is -2.48. The highest BCUT2D eigenvalue weighted by atomic mass is 15.0. The smallest absolute Gasteiger partial charge is 0.0142 e. The molecular formula is C9H22N2. The fourth-order valence-corrected chi connectivity index (χ4v) is 1.68. The second-order valence-electron chi connectivity index (χ2n) is 4.58. The first-order valence-corrected chi connectivity index (χ1v) is 4.31. The zero-order valence-corrected chi connectivity index (χ0v) is 8.49. The van der Waals surface area contributed by atoms with Crippen LogP contribution < -0.4 is 11.1 Å². The monoisotopic (exact) mass is 158 g/mol. The van der Waals surface area contributed by atoms with Crippen LogP contribution in [0.5, 0.6) is 0 Å². The lowest BCUT2D eigenvalue weighted by molar-refractivity contribution is 0.295. The lowest BCUT2D eigenvalue weighted by Gasteiger charge is -2.32. The van der Waals surface area contributed by atoms with E-state index in [0.717, 1.165) is 13.0 Å². The molecule has 0 radical (unpaired) electrons. The molecule has 11 heavy (non-hydrogen) atoms. The Labute approximate surface area is 70.5 Å². The maximum atomic E-state index is 5.91. The zero-order valence-electron chi connectivity index (χ0n) is 8.49. The van der Waals surface area contributed by atoms with Crippen LogP contribution in [0, 0.1) is 0 Å². The van der Waals surface area contributed by atoms with Crippen molar-refractivity contribution >= 4 is 0 Å². The molecule has 0 spiro atoms. The molecule has 0 aromatic rings. The van der Waals surface area contributed by atoms with E-state index in [0.29, 0.717) is 0 Å². The molecule has 0 rings (SSSR count). The molecule has 0 aliphatic carbocycles. The number of rotatable bonds is 4. The summed E-state index contributed by atoms with van der Waals surface area (Å²) < 4.78 is 0. The van der Waals surface area contributed by atoms with E-state index in [1.54, 1.807) is 0 Å². The summed E-state index contributed by atoms with van der Waals surface area (Å²) in [7, 11) is 0. The zero-order chi connectivity index (χ0) is 9.12. The molecule has 0 bridgehead atoms. The Morgan fingerprint density at radius 1 is 1.18 bits per heavy atom. The summed E-state index contributed by atoms with van der Waals surface area (Å²) in [6, 6.07) is 0. The molecule has 0 unspecified atom stereocenters. The van der Waals surface area contributed by atoms with Gasteiger partial charge >= 0.3 is 0 Å². The Bertz CT molecular complexity index is 111. The molecule has 0 saturated heterocycles. The SMILES string of the molecule is CCNC(C)(C)CC(C)(C)N. The van der Waals surface area contributed by atoms with E-state index in [1.165, 1.54) is 0 Å². The number of nitrogens with one attached hydrogen (secondary N) is 1. The van der Waals surface area contributed by atoms with Crippen LogP contribution >= 0.6 is 0 Å². The van der Waals surface area contributed by atoms with Gasteiger partial charge in [-0.2, -0.15) is 0 Å². The topological polar surface area (TPSA) is 38.0 Å². The van der Waals surface area contributed by atoms with E-state index in [-0.39, 0.29) is 11.1 Å². The maximum absolute atomic E-state index is 5.91. The summed E-state index contributed by atoms with van der Waals surface area (Å²) >= 11 is 0. The first kappa shape index (κ1) is 10.9. The average molecular weight is 158 g/mol. The molecule has 3 N–H and O–H groups in total. The van der Waals surface area contributed by atoms with Gasteiger partial charge in [-0.1, -0.05) is 6.92 Å². The van der Waals surface area contributed by atoms with Gasteiger partial charge in [0, 0.05) is 11.1 Å². The van der Waals surface area contributed by atoms with Crippen LogP contribution in [0.3, 0.4) is 0 Å². The summed E-state index contributed by atoms with van der Waals surface area (Å²) in [5.74, 6) is 0. The fourth-order valence-electron chi connectivity index (χ4n) is 1.68. The van der Waals surface area contributed by atoms with Gasteiger partial charge < -0.3 is 11.1 Å². The largest absolute Gasteiger partial charge is 0.325 e. The molecule has 0 heterocycles. The van der Waals surface area contributed by atoms with E-state index in [2.05, 4.69) is 39.9 Å². The van der Waals surface area contributed by atoms with Crippen molar-refractivity contribution in [3.63, 3.8) is 0 Å². The molecular weight excluding hydrogens is 136 g/mol. The van der Waals surface area contributed by atoms with Crippen LogP contribution in [0.4, 0.5) is 0 Å². The number of nitrogens with two attached hydrogens (primary N) is 1. The van der Waals surface area contributed by atoms with Crippen molar-refractivity contribution in [1.82, 2.24) is 5.32 Å². The summed E-state index contributed by atoms with van der Waals surface area (Å²) in [5, 5.41) is 3.40. The highest BCUT2D eigenvalue weighted by Crippen LogP contribution is 2.16. The normalized spacial score (nSPS) is 13.6. The van der Waals surface area contributed by atoms with E-state index in [1.807, 2.05) is 0 Å². The van der Waals surface area contributed by atoms with Crippen LogP contribution in [0.2, 0.25) is 0 Å². The Hall–Kier alpha value is -0.0800. The second-order valence-corrected chi connectivity index (χ2v) is 4.58. The van der Waals surface area contributed by atoms with Crippen molar-refractivity contribution in [3.05, 3.63) is 0 Å². The predicted molar refractivity (Wildman–Crippen MR) is 50.6 cm³/mol. The van der Waals surface area contributed by atoms with Crippen LogP contribution in [0.15, 0.2) is 0 Å². The van der Waals surface area contributed by atoms with Gasteiger partial charge in [0.15, 0.2) is 0 Å². The molecule has 0 fully saturated rings. The Kier molecular flexibility index (Phi) is 3.52. The van der Waals surface area contributed by atoms with E-state index >= 15 is 0 Å². The third-order valence-corrected chi connectivity index (χ3v) is 1.55. The molecule has 0 aliphatic rings. The first-order valence-electron chi connectivity index (χ1n) is 4.31. The van der Waals surface area contributed by atoms with Crippen molar-refractivity contribution in [3.8, 4) is 0 Å². The highest BCUT2D eigenvalue weighted by Gasteiger charge is 2.24. The van der Waals surface area contributed by atoms with Crippen molar-refractivity contribution in [2.75, 3.05) is 6.54 Å². The van der Waals surface area contributed by atoms with Crippen LogP contribution in [0.25, 0.3) is 0 Å². The average Bonchev–Trinajstić information content (AvgIpc) is 1.55. The Morgan fingerprint density at radius 3 is 1.91 bits per heavy atom. The molecule has 2 heteroatoms. The Morgan fingerprint density at radius 2 is 1.64 bits per heavy atom. The van der Waals surface area contributed by atoms with Crippen molar-refractivity contribution in [2.24, 2.45) is 5.73 Å². The minimum atomic E-state index is -0.0777. The quantitative estimate of drug-likeness (QED) is 0.650. The minimum Gasteiger partial charge on any atom is -0.325 e. The van der Waals surface area contributed by atoms with Crippen molar-refractivity contribution < 1.29 is 0 Å². The van der Waals surface area contributed by atoms with Crippen molar-refractivity contribution in [2.45, 2.75) is 52.1 Å². The third-order valence-electron chi connectivity index (χ3n) is 1.55. The van der Waals surface area contributed by atoms with Crippen LogP contribution in [-0.4, -0.2) is 17.6 Å². The maximum Gasteiger partial charge on any atom is 0.0142 e. The first-order chi connectivity index (χ1) is 4.77. The third kappa shape index (κ3) is 6.32. The summed E-state index contributed by atoms with van der Waals surface area (Å²) in [5.41, 5.74) is 5.99. The molecule has 0 aliphatic heterocycles. The summed E-state index contributed by atoms with van der Waals surface area (Å²) in [6.07, 6.45) is 0.994. The van der Waals surface area contributed by atoms with Gasteiger partial charge in [-0.3, -0.25) is 0 Å². The molecule has 0 amide bonds. The van der Waals surface area contributed by atoms with Gasteiger partial charge in [0.05, 0.1) is 0 Å². The molecule has 0 aromatic heterocycles. The molecule has 2 nitrogen and oxygen atoms in total. The molecule has 68 valence electrons. The number of hydrogen-bond donors (Lipinski definition) is 2. The van der Waals surface area contributed by atoms with Gasteiger partial charge in [-0.15, -0.1) is 0 Å². The van der Waals surface area contributed by atoms with Gasteiger partial charge in [0.1, 0.15) is 0 Å². The van der Waals surface area contributed by atoms with Gasteiger partial charge in [-0.25, -0.2) is 0 Å². The molecule has 0 saturated carbocycles. The minimum absolute atomic E-state index is 0.0777. The van der Waals surface area contributed by atoms with Crippen LogP contribution in [-0.2, 0) is 0 Å². The number of hydrogen-bond acceptors (Lipinski definition) is 2. The van der Waals surface area contributed by atoms with Gasteiger partial charge in [-0.05, 0) is 40.7 Å². The predicted octanol–water partition coefficient (Wildman–Crippen LogP) is 1.50. The van der Waals surface area contributed by atoms with Gasteiger partial charge in [0.25, 0.3) is 0 Å². The van der Waals surface area contributed by atoms with E-state index in [4.69, 9.17) is 5.73 Å². The second kappa shape index (κ2) is 3.55. The Balaban J connectivity index is 3.91. The van der Waals surface area contributed by atoms with E-state index < -0.39 is 0 Å². The molecule has 0 atom stereocenters. The standard InChI is InChI=1S/C9H22N2/c1-6-11-9(4,5)7-8(2,3)10/h11H,6-7,10H2,1-5H3. The summed E-state index contributed by atoms with van der Waals surface area (Å²) in [4.78, 5) is 0. The fraction of sp³-hybridized carbons (Fsp3) is 1.00. The molecule has 0 aromatic carbocycles. The van der Waals surface area contributed by atoms with Crippen molar-refractivity contribution in [1.29, 1.82) is 0 Å². The van der Waals surface area contributed by atoms with Gasteiger partial charge in [0.2, 0.25) is 0 Å². The van der Waals surface area contributed by atoms with Crippen LogP contribution in [0.1, 0.15) is 41.0 Å². The van der Waals surface area contributed by atoms with E-state index in [9.17, 15) is 0 Å². The lowest BCUT2D eigenvalue weighted by atomic mass is 9.88. The summed E-state index contributed by atoms with van der Waals surface area (Å²) in [6.45, 7) is 11.6.